The number of nitrogens with zero attached hydrogens (tertiary/aromatic N) is 1. The molecular weight excluding hydrogens is 300 g/mol. The number of rotatable bonds is 4. The molecule has 128 valence electrons. The molecule has 0 bridgehead atoms. The van der Waals surface area contributed by atoms with Crippen LogP contribution in [-0.4, -0.2) is 17.5 Å². The number of anilines is 1. The van der Waals surface area contributed by atoms with E-state index in [0.717, 1.165) is 22.6 Å². The molecule has 0 saturated heterocycles. The zero-order valence-electron chi connectivity index (χ0n) is 15.4. The van der Waals surface area contributed by atoms with Crippen molar-refractivity contribution in [3.05, 3.63) is 52.8 Å². The van der Waals surface area contributed by atoms with Crippen molar-refractivity contribution in [2.24, 2.45) is 0 Å². The average molecular weight is 326 g/mol. The van der Waals surface area contributed by atoms with E-state index < -0.39 is 0 Å². The van der Waals surface area contributed by atoms with E-state index in [9.17, 15) is 4.79 Å². The summed E-state index contributed by atoms with van der Waals surface area (Å²) in [5.41, 5.74) is 4.86. The SMILES string of the molecule is Cc1cc(C)c(NC(=O)COc2ccc(C(C)(C)C)cc2)c(C)n1. The highest BCUT2D eigenvalue weighted by molar-refractivity contribution is 5.93. The number of benzene rings is 1. The lowest BCUT2D eigenvalue weighted by Crippen LogP contribution is -2.21. The fourth-order valence-electron chi connectivity index (χ4n) is 2.59. The molecule has 0 aliphatic rings. The summed E-state index contributed by atoms with van der Waals surface area (Å²) in [5, 5.41) is 2.89. The number of carbonyl (C=O) groups is 1. The Bertz CT molecular complexity index is 705. The molecule has 0 aliphatic heterocycles. The Morgan fingerprint density at radius 3 is 2.29 bits per heavy atom. The van der Waals surface area contributed by atoms with Gasteiger partial charge in [-0.1, -0.05) is 32.9 Å². The molecule has 1 aromatic carbocycles. The van der Waals surface area contributed by atoms with Crippen LogP contribution in [0.5, 0.6) is 5.75 Å². The number of nitrogens with one attached hydrogen (secondary N) is 1. The first-order valence-corrected chi connectivity index (χ1v) is 8.15. The van der Waals surface area contributed by atoms with Gasteiger partial charge >= 0.3 is 0 Å². The van der Waals surface area contributed by atoms with E-state index in [-0.39, 0.29) is 17.9 Å². The fraction of sp³-hybridized carbons (Fsp3) is 0.400. The summed E-state index contributed by atoms with van der Waals surface area (Å²) in [7, 11) is 0. The number of hydrogen-bond donors (Lipinski definition) is 1. The number of ether oxygens (including phenoxy) is 1. The van der Waals surface area contributed by atoms with Crippen molar-refractivity contribution in [1.29, 1.82) is 0 Å². The van der Waals surface area contributed by atoms with E-state index in [1.165, 1.54) is 5.56 Å². The molecule has 24 heavy (non-hydrogen) atoms. The third-order valence-corrected chi connectivity index (χ3v) is 3.88. The highest BCUT2D eigenvalue weighted by atomic mass is 16.5. The molecule has 0 radical (unpaired) electrons. The molecular formula is C20H26N2O2. The molecule has 0 aliphatic carbocycles. The average Bonchev–Trinajstić information content (AvgIpc) is 2.48. The Labute approximate surface area is 144 Å². The number of aromatic nitrogens is 1. The van der Waals surface area contributed by atoms with Crippen molar-refractivity contribution >= 4 is 11.6 Å². The number of pyridine rings is 1. The monoisotopic (exact) mass is 326 g/mol. The predicted octanol–water partition coefficient (Wildman–Crippen LogP) is 4.32. The van der Waals surface area contributed by atoms with Crippen LogP contribution in [0.1, 0.15) is 43.3 Å². The third-order valence-electron chi connectivity index (χ3n) is 3.88. The number of carbonyl (C=O) groups excluding carboxylic acids is 1. The Kier molecular flexibility index (Phi) is 5.27. The van der Waals surface area contributed by atoms with Crippen LogP contribution in [0.15, 0.2) is 30.3 Å². The normalized spacial score (nSPS) is 11.2. The van der Waals surface area contributed by atoms with Crippen LogP contribution in [-0.2, 0) is 10.2 Å². The van der Waals surface area contributed by atoms with Gasteiger partial charge in [-0.15, -0.1) is 0 Å². The van der Waals surface area contributed by atoms with Gasteiger partial charge in [0.05, 0.1) is 11.4 Å². The maximum Gasteiger partial charge on any atom is 0.262 e. The van der Waals surface area contributed by atoms with E-state index in [1.807, 2.05) is 51.1 Å². The lowest BCUT2D eigenvalue weighted by atomic mass is 9.87. The van der Waals surface area contributed by atoms with Gasteiger partial charge in [-0.3, -0.25) is 9.78 Å². The molecule has 1 amide bonds. The van der Waals surface area contributed by atoms with Crippen LogP contribution in [0.3, 0.4) is 0 Å². The molecule has 1 aromatic heterocycles. The first-order valence-electron chi connectivity index (χ1n) is 8.15. The van der Waals surface area contributed by atoms with Crippen LogP contribution in [0.25, 0.3) is 0 Å². The van der Waals surface area contributed by atoms with E-state index >= 15 is 0 Å². The summed E-state index contributed by atoms with van der Waals surface area (Å²) in [6.07, 6.45) is 0. The molecule has 1 N–H and O–H groups in total. The Morgan fingerprint density at radius 1 is 1.12 bits per heavy atom. The zero-order valence-corrected chi connectivity index (χ0v) is 15.4. The minimum Gasteiger partial charge on any atom is -0.484 e. The van der Waals surface area contributed by atoms with Crippen molar-refractivity contribution in [2.45, 2.75) is 47.0 Å². The molecule has 1 heterocycles. The third kappa shape index (κ3) is 4.57. The highest BCUT2D eigenvalue weighted by Crippen LogP contribution is 2.24. The van der Waals surface area contributed by atoms with Gasteiger partial charge in [0.2, 0.25) is 0 Å². The Morgan fingerprint density at radius 2 is 1.75 bits per heavy atom. The minimum atomic E-state index is -0.188. The second kappa shape index (κ2) is 7.04. The molecule has 4 heteroatoms. The summed E-state index contributed by atoms with van der Waals surface area (Å²) >= 11 is 0. The van der Waals surface area contributed by atoms with Crippen molar-refractivity contribution in [2.75, 3.05) is 11.9 Å². The van der Waals surface area contributed by atoms with E-state index in [4.69, 9.17) is 4.74 Å². The van der Waals surface area contributed by atoms with Gasteiger partial charge in [0.25, 0.3) is 5.91 Å². The maximum absolute atomic E-state index is 12.1. The van der Waals surface area contributed by atoms with Crippen molar-refractivity contribution in [3.8, 4) is 5.75 Å². The van der Waals surface area contributed by atoms with Crippen LogP contribution >= 0.6 is 0 Å². The molecule has 2 aromatic rings. The van der Waals surface area contributed by atoms with Gasteiger partial charge in [0, 0.05) is 5.69 Å². The molecule has 0 saturated carbocycles. The number of amides is 1. The van der Waals surface area contributed by atoms with Gasteiger partial charge in [-0.2, -0.15) is 0 Å². The lowest BCUT2D eigenvalue weighted by Gasteiger charge is -2.19. The Balaban J connectivity index is 1.97. The fourth-order valence-corrected chi connectivity index (χ4v) is 2.59. The topological polar surface area (TPSA) is 51.2 Å². The van der Waals surface area contributed by atoms with Gasteiger partial charge in [-0.05, 0) is 55.5 Å². The molecule has 0 spiro atoms. The van der Waals surface area contributed by atoms with Crippen LogP contribution in [0.4, 0.5) is 5.69 Å². The van der Waals surface area contributed by atoms with E-state index in [2.05, 4.69) is 31.1 Å². The first-order chi connectivity index (χ1) is 11.2. The quantitative estimate of drug-likeness (QED) is 0.910. The number of aryl methyl sites for hydroxylation is 3. The highest BCUT2D eigenvalue weighted by Gasteiger charge is 2.14. The maximum atomic E-state index is 12.1. The molecule has 2 rings (SSSR count). The summed E-state index contributed by atoms with van der Waals surface area (Å²) in [4.78, 5) is 16.5. The lowest BCUT2D eigenvalue weighted by molar-refractivity contribution is -0.118. The van der Waals surface area contributed by atoms with E-state index in [0.29, 0.717) is 5.75 Å². The first kappa shape index (κ1) is 18.0. The smallest absolute Gasteiger partial charge is 0.262 e. The second-order valence-corrected chi connectivity index (χ2v) is 7.15. The standard InChI is InChI=1S/C20H26N2O2/c1-13-11-14(2)21-15(3)19(13)22-18(23)12-24-17-9-7-16(8-10-17)20(4,5)6/h7-11H,12H2,1-6H3,(H,22,23). The molecule has 0 unspecified atom stereocenters. The second-order valence-electron chi connectivity index (χ2n) is 7.15. The van der Waals surface area contributed by atoms with Gasteiger partial charge < -0.3 is 10.1 Å². The summed E-state index contributed by atoms with van der Waals surface area (Å²) in [5.74, 6) is 0.500. The van der Waals surface area contributed by atoms with Crippen molar-refractivity contribution in [1.82, 2.24) is 4.98 Å². The van der Waals surface area contributed by atoms with Crippen LogP contribution in [0.2, 0.25) is 0 Å². The van der Waals surface area contributed by atoms with E-state index in [1.54, 1.807) is 0 Å². The van der Waals surface area contributed by atoms with Crippen molar-refractivity contribution < 1.29 is 9.53 Å². The summed E-state index contributed by atoms with van der Waals surface area (Å²) in [6.45, 7) is 12.3. The number of hydrogen-bond acceptors (Lipinski definition) is 3. The molecule has 0 fully saturated rings. The summed E-state index contributed by atoms with van der Waals surface area (Å²) in [6, 6.07) is 9.82. The largest absolute Gasteiger partial charge is 0.484 e. The van der Waals surface area contributed by atoms with Gasteiger partial charge in [0.15, 0.2) is 6.61 Å². The minimum absolute atomic E-state index is 0.0262. The molecule has 4 nitrogen and oxygen atoms in total. The molecule has 0 atom stereocenters. The van der Waals surface area contributed by atoms with Crippen molar-refractivity contribution in [3.63, 3.8) is 0 Å². The van der Waals surface area contributed by atoms with Gasteiger partial charge in [0.1, 0.15) is 5.75 Å². The predicted molar refractivity (Wildman–Crippen MR) is 97.7 cm³/mol. The van der Waals surface area contributed by atoms with Gasteiger partial charge in [-0.25, -0.2) is 0 Å². The Hall–Kier alpha value is -2.36. The van der Waals surface area contributed by atoms with Crippen LogP contribution in [0, 0.1) is 20.8 Å². The van der Waals surface area contributed by atoms with Crippen LogP contribution < -0.4 is 10.1 Å². The summed E-state index contributed by atoms with van der Waals surface area (Å²) < 4.78 is 5.58. The zero-order chi connectivity index (χ0) is 17.9.